The van der Waals surface area contributed by atoms with Crippen molar-refractivity contribution in [1.82, 2.24) is 9.55 Å². The molecular weight excluding hydrogens is 288 g/mol. The summed E-state index contributed by atoms with van der Waals surface area (Å²) >= 11 is 0. The quantitative estimate of drug-likeness (QED) is 0.918. The van der Waals surface area contributed by atoms with Crippen molar-refractivity contribution in [2.75, 3.05) is 6.26 Å². The van der Waals surface area contributed by atoms with Crippen LogP contribution in [0.1, 0.15) is 37.3 Å². The van der Waals surface area contributed by atoms with E-state index in [1.807, 2.05) is 24.6 Å². The van der Waals surface area contributed by atoms with Crippen LogP contribution in [0.25, 0.3) is 0 Å². The third-order valence-electron chi connectivity index (χ3n) is 3.33. The first-order valence-corrected chi connectivity index (χ1v) is 8.67. The van der Waals surface area contributed by atoms with Crippen molar-refractivity contribution in [2.24, 2.45) is 0 Å². The Morgan fingerprint density at radius 3 is 2.38 bits per heavy atom. The van der Waals surface area contributed by atoms with Crippen LogP contribution in [0.3, 0.4) is 0 Å². The summed E-state index contributed by atoms with van der Waals surface area (Å²) in [6.45, 7) is 4.49. The van der Waals surface area contributed by atoms with Gasteiger partial charge in [0.25, 0.3) is 0 Å². The normalized spacial score (nSPS) is 13.6. The van der Waals surface area contributed by atoms with Gasteiger partial charge < -0.3 is 9.67 Å². The van der Waals surface area contributed by atoms with Crippen LogP contribution in [-0.4, -0.2) is 29.3 Å². The maximum atomic E-state index is 11.4. The molecule has 1 aromatic carbocycles. The Hall–Kier alpha value is -1.66. The van der Waals surface area contributed by atoms with E-state index in [0.29, 0.717) is 12.1 Å². The van der Waals surface area contributed by atoms with E-state index >= 15 is 0 Å². The standard InChI is InChI=1S/C15H20N2O3S/c1-11(2)15-16-8-9-17(15)10-14(18)12-4-6-13(7-5-12)21(3,19)20/h4-9,11,14,18H,10H2,1-3H3/t14-/m0/s1. The molecule has 0 radical (unpaired) electrons. The van der Waals surface area contributed by atoms with Crippen LogP contribution in [0.2, 0.25) is 0 Å². The van der Waals surface area contributed by atoms with Crippen molar-refractivity contribution in [3.63, 3.8) is 0 Å². The van der Waals surface area contributed by atoms with Gasteiger partial charge in [-0.05, 0) is 17.7 Å². The van der Waals surface area contributed by atoms with Gasteiger partial charge in [-0.3, -0.25) is 0 Å². The molecule has 2 aromatic rings. The topological polar surface area (TPSA) is 72.2 Å². The molecule has 5 nitrogen and oxygen atoms in total. The molecule has 0 bridgehead atoms. The number of aliphatic hydroxyl groups is 1. The summed E-state index contributed by atoms with van der Waals surface area (Å²) in [5.41, 5.74) is 0.686. The second kappa shape index (κ2) is 5.99. The Balaban J connectivity index is 2.17. The minimum atomic E-state index is -3.21. The number of hydrogen-bond donors (Lipinski definition) is 1. The summed E-state index contributed by atoms with van der Waals surface area (Å²) in [4.78, 5) is 4.54. The number of nitrogens with zero attached hydrogens (tertiary/aromatic N) is 2. The molecule has 1 N–H and O–H groups in total. The Labute approximate surface area is 125 Å². The van der Waals surface area contributed by atoms with Gasteiger partial charge in [-0.25, -0.2) is 13.4 Å². The van der Waals surface area contributed by atoms with Crippen LogP contribution in [-0.2, 0) is 16.4 Å². The summed E-state index contributed by atoms with van der Waals surface area (Å²) in [7, 11) is -3.21. The SMILES string of the molecule is CC(C)c1nccn1C[C@H](O)c1ccc(S(C)(=O)=O)cc1. The van der Waals surface area contributed by atoms with Crippen LogP contribution in [0.15, 0.2) is 41.6 Å². The Bertz CT molecular complexity index is 703. The molecular formula is C15H20N2O3S. The molecule has 1 aromatic heterocycles. The predicted molar refractivity (Wildman–Crippen MR) is 80.8 cm³/mol. The Morgan fingerprint density at radius 1 is 1.24 bits per heavy atom. The number of rotatable bonds is 5. The molecule has 1 atom stereocenters. The number of imidazole rings is 1. The molecule has 6 heteroatoms. The maximum Gasteiger partial charge on any atom is 0.175 e. The lowest BCUT2D eigenvalue weighted by molar-refractivity contribution is 0.155. The van der Waals surface area contributed by atoms with Crippen molar-refractivity contribution < 1.29 is 13.5 Å². The number of benzene rings is 1. The molecule has 0 aliphatic heterocycles. The largest absolute Gasteiger partial charge is 0.387 e. The third kappa shape index (κ3) is 3.71. The summed E-state index contributed by atoms with van der Waals surface area (Å²) < 4.78 is 24.7. The summed E-state index contributed by atoms with van der Waals surface area (Å²) in [6, 6.07) is 6.33. The van der Waals surface area contributed by atoms with Crippen LogP contribution in [0, 0.1) is 0 Å². The van der Waals surface area contributed by atoms with Gasteiger partial charge in [0.15, 0.2) is 9.84 Å². The van der Waals surface area contributed by atoms with Crippen molar-refractivity contribution in [1.29, 1.82) is 0 Å². The molecule has 0 fully saturated rings. The molecule has 0 aliphatic carbocycles. The van der Waals surface area contributed by atoms with E-state index in [0.717, 1.165) is 5.82 Å². The Kier molecular flexibility index (Phi) is 4.49. The second-order valence-electron chi connectivity index (χ2n) is 5.45. The zero-order valence-electron chi connectivity index (χ0n) is 12.4. The van der Waals surface area contributed by atoms with Crippen LogP contribution >= 0.6 is 0 Å². The van der Waals surface area contributed by atoms with Gasteiger partial charge in [0.1, 0.15) is 5.82 Å². The molecule has 0 amide bonds. The van der Waals surface area contributed by atoms with Gasteiger partial charge in [0.05, 0.1) is 17.5 Å². The molecule has 21 heavy (non-hydrogen) atoms. The fourth-order valence-electron chi connectivity index (χ4n) is 2.20. The lowest BCUT2D eigenvalue weighted by Crippen LogP contribution is -2.12. The van der Waals surface area contributed by atoms with E-state index in [1.165, 1.54) is 18.4 Å². The number of sulfone groups is 1. The van der Waals surface area contributed by atoms with E-state index in [9.17, 15) is 13.5 Å². The van der Waals surface area contributed by atoms with Gasteiger partial charge in [0, 0.05) is 24.6 Å². The highest BCUT2D eigenvalue weighted by Crippen LogP contribution is 2.20. The van der Waals surface area contributed by atoms with Gasteiger partial charge in [-0.1, -0.05) is 26.0 Å². The minimum absolute atomic E-state index is 0.254. The fraction of sp³-hybridized carbons (Fsp3) is 0.400. The van der Waals surface area contributed by atoms with Crippen molar-refractivity contribution >= 4 is 9.84 Å². The molecule has 0 aliphatic rings. The van der Waals surface area contributed by atoms with Crippen molar-refractivity contribution in [3.8, 4) is 0 Å². The van der Waals surface area contributed by atoms with Gasteiger partial charge >= 0.3 is 0 Å². The fourth-order valence-corrected chi connectivity index (χ4v) is 2.84. The maximum absolute atomic E-state index is 11.4. The van der Waals surface area contributed by atoms with E-state index in [-0.39, 0.29) is 10.8 Å². The highest BCUT2D eigenvalue weighted by Gasteiger charge is 2.14. The average molecular weight is 308 g/mol. The van der Waals surface area contributed by atoms with E-state index in [1.54, 1.807) is 18.3 Å². The van der Waals surface area contributed by atoms with Crippen molar-refractivity contribution in [2.45, 2.75) is 37.3 Å². The van der Waals surface area contributed by atoms with E-state index in [2.05, 4.69) is 4.98 Å². The highest BCUT2D eigenvalue weighted by atomic mass is 32.2. The average Bonchev–Trinajstić information content (AvgIpc) is 2.86. The smallest absolute Gasteiger partial charge is 0.175 e. The molecule has 2 rings (SSSR count). The van der Waals surface area contributed by atoms with Gasteiger partial charge in [-0.2, -0.15) is 0 Å². The molecule has 0 unspecified atom stereocenters. The van der Waals surface area contributed by atoms with Crippen molar-refractivity contribution in [3.05, 3.63) is 48.0 Å². The molecule has 0 saturated carbocycles. The first-order chi connectivity index (χ1) is 9.79. The van der Waals surface area contributed by atoms with Gasteiger partial charge in [0.2, 0.25) is 0 Å². The summed E-state index contributed by atoms with van der Waals surface area (Å²) in [5, 5.41) is 10.3. The lowest BCUT2D eigenvalue weighted by atomic mass is 10.1. The van der Waals surface area contributed by atoms with E-state index in [4.69, 9.17) is 0 Å². The number of aromatic nitrogens is 2. The van der Waals surface area contributed by atoms with Crippen LogP contribution < -0.4 is 0 Å². The zero-order chi connectivity index (χ0) is 15.6. The third-order valence-corrected chi connectivity index (χ3v) is 4.46. The van der Waals surface area contributed by atoms with Crippen LogP contribution in [0.5, 0.6) is 0 Å². The minimum Gasteiger partial charge on any atom is -0.387 e. The molecule has 1 heterocycles. The lowest BCUT2D eigenvalue weighted by Gasteiger charge is -2.15. The first-order valence-electron chi connectivity index (χ1n) is 6.78. The first kappa shape index (κ1) is 15.7. The van der Waals surface area contributed by atoms with Crippen LogP contribution in [0.4, 0.5) is 0 Å². The molecule has 114 valence electrons. The molecule has 0 saturated heterocycles. The summed E-state index contributed by atoms with van der Waals surface area (Å²) in [5.74, 6) is 1.20. The van der Waals surface area contributed by atoms with Gasteiger partial charge in [-0.15, -0.1) is 0 Å². The number of aliphatic hydroxyl groups excluding tert-OH is 1. The molecule has 0 spiro atoms. The zero-order valence-corrected chi connectivity index (χ0v) is 13.2. The summed E-state index contributed by atoms with van der Waals surface area (Å²) in [6.07, 6.45) is 4.02. The second-order valence-corrected chi connectivity index (χ2v) is 7.47. The Morgan fingerprint density at radius 2 is 1.86 bits per heavy atom. The van der Waals surface area contributed by atoms with E-state index < -0.39 is 15.9 Å². The number of hydrogen-bond acceptors (Lipinski definition) is 4. The monoisotopic (exact) mass is 308 g/mol. The predicted octanol–water partition coefficient (Wildman–Crippen LogP) is 2.14. The highest BCUT2D eigenvalue weighted by molar-refractivity contribution is 7.90.